The number of amides is 1. The molecular weight excluding hydrogens is 483 g/mol. The molecule has 4 aromatic rings. The second kappa shape index (κ2) is 9.01. The van der Waals surface area contributed by atoms with Crippen LogP contribution in [0.3, 0.4) is 0 Å². The van der Waals surface area contributed by atoms with Crippen molar-refractivity contribution in [2.24, 2.45) is 0 Å². The van der Waals surface area contributed by atoms with Gasteiger partial charge in [0.2, 0.25) is 0 Å². The monoisotopic (exact) mass is 502 g/mol. The molecule has 0 unspecified atom stereocenters. The van der Waals surface area contributed by atoms with Crippen molar-refractivity contribution in [3.63, 3.8) is 0 Å². The van der Waals surface area contributed by atoms with Gasteiger partial charge in [-0.3, -0.25) is 14.5 Å². The summed E-state index contributed by atoms with van der Waals surface area (Å²) in [6.45, 7) is 1.89. The van der Waals surface area contributed by atoms with Crippen LogP contribution < -0.4 is 4.90 Å². The van der Waals surface area contributed by atoms with E-state index in [1.54, 1.807) is 36.4 Å². The third-order valence-corrected chi connectivity index (χ3v) is 6.98. The lowest BCUT2D eigenvalue weighted by molar-refractivity contribution is -0.132. The van der Waals surface area contributed by atoms with Crippen LogP contribution in [0.1, 0.15) is 33.1 Å². The number of halogens is 1. The lowest BCUT2D eigenvalue weighted by Crippen LogP contribution is -2.29. The van der Waals surface area contributed by atoms with Crippen molar-refractivity contribution < 1.29 is 28.6 Å². The van der Waals surface area contributed by atoms with Gasteiger partial charge in [0.05, 0.1) is 34.5 Å². The average molecular weight is 503 g/mol. The maximum atomic E-state index is 13.8. The normalized spacial score (nSPS) is 17.1. The molecule has 9 heteroatoms. The Morgan fingerprint density at radius 2 is 1.69 bits per heavy atom. The number of anilines is 1. The van der Waals surface area contributed by atoms with E-state index in [2.05, 4.69) is 4.98 Å². The number of hydrogen-bond donors (Lipinski definition) is 1. The molecule has 2 heterocycles. The number of ketones is 1. The van der Waals surface area contributed by atoms with Gasteiger partial charge in [0.15, 0.2) is 5.13 Å². The zero-order chi connectivity index (χ0) is 25.6. The first kappa shape index (κ1) is 23.4. The Morgan fingerprint density at radius 3 is 2.36 bits per heavy atom. The number of methoxy groups -OCH3 is 1. The van der Waals surface area contributed by atoms with Crippen LogP contribution in [0, 0.1) is 12.7 Å². The van der Waals surface area contributed by atoms with Crippen molar-refractivity contribution >= 4 is 50.1 Å². The third-order valence-electron chi connectivity index (χ3n) is 5.96. The summed E-state index contributed by atoms with van der Waals surface area (Å²) < 4.78 is 19.0. The molecule has 1 atom stereocenters. The molecule has 0 spiro atoms. The standard InChI is InChI=1S/C27H19FN2O5S/c1-14-3-5-16(6-4-14)23(31)21-22(15-7-9-17(10-8-15)26(34)35-2)30(25(33)24(21)32)27-29-19-12-11-18(28)13-20(19)36-27/h3-13,22,31H,1-2H3/b23-21+/t22-/m0/s1. The van der Waals surface area contributed by atoms with Gasteiger partial charge in [0.25, 0.3) is 5.78 Å². The summed E-state index contributed by atoms with van der Waals surface area (Å²) in [7, 11) is 1.27. The zero-order valence-corrected chi connectivity index (χ0v) is 20.0. The number of carbonyl (C=O) groups is 3. The summed E-state index contributed by atoms with van der Waals surface area (Å²) in [5.74, 6) is -3.06. The molecule has 180 valence electrons. The van der Waals surface area contributed by atoms with E-state index in [-0.39, 0.29) is 22.0 Å². The molecule has 1 saturated heterocycles. The average Bonchev–Trinajstić information content (AvgIpc) is 3.41. The van der Waals surface area contributed by atoms with Crippen molar-refractivity contribution in [2.45, 2.75) is 13.0 Å². The molecular formula is C27H19FN2O5S. The first-order chi connectivity index (χ1) is 17.3. The number of nitrogens with zero attached hydrogens (tertiary/aromatic N) is 2. The van der Waals surface area contributed by atoms with Gasteiger partial charge in [0, 0.05) is 5.56 Å². The number of carbonyl (C=O) groups excluding carboxylic acids is 3. The van der Waals surface area contributed by atoms with Crippen molar-refractivity contribution in [2.75, 3.05) is 12.0 Å². The highest BCUT2D eigenvalue weighted by molar-refractivity contribution is 7.22. The number of aryl methyl sites for hydroxylation is 1. The van der Waals surface area contributed by atoms with Gasteiger partial charge in [-0.2, -0.15) is 0 Å². The molecule has 1 aromatic heterocycles. The Labute approximate surface area is 209 Å². The predicted molar refractivity (Wildman–Crippen MR) is 133 cm³/mol. The van der Waals surface area contributed by atoms with Crippen LogP contribution in [0.4, 0.5) is 9.52 Å². The smallest absolute Gasteiger partial charge is 0.337 e. The molecule has 7 nitrogen and oxygen atoms in total. The van der Waals surface area contributed by atoms with E-state index in [0.29, 0.717) is 21.3 Å². The largest absolute Gasteiger partial charge is 0.507 e. The molecule has 1 N–H and O–H groups in total. The topological polar surface area (TPSA) is 96.8 Å². The zero-order valence-electron chi connectivity index (χ0n) is 19.2. The fraction of sp³-hybridized carbons (Fsp3) is 0.111. The number of aliphatic hydroxyl groups excluding tert-OH is 1. The molecule has 0 saturated carbocycles. The number of aromatic nitrogens is 1. The van der Waals surface area contributed by atoms with E-state index in [1.807, 2.05) is 6.92 Å². The highest BCUT2D eigenvalue weighted by atomic mass is 32.1. The summed E-state index contributed by atoms with van der Waals surface area (Å²) >= 11 is 1.06. The Hall–Kier alpha value is -4.37. The van der Waals surface area contributed by atoms with Crippen LogP contribution in [0.2, 0.25) is 0 Å². The van der Waals surface area contributed by atoms with E-state index >= 15 is 0 Å². The molecule has 1 aliphatic heterocycles. The van der Waals surface area contributed by atoms with E-state index in [1.165, 1.54) is 42.3 Å². The molecule has 36 heavy (non-hydrogen) atoms. The number of hydrogen-bond acceptors (Lipinski definition) is 7. The van der Waals surface area contributed by atoms with Gasteiger partial charge < -0.3 is 9.84 Å². The van der Waals surface area contributed by atoms with Crippen molar-refractivity contribution in [1.29, 1.82) is 0 Å². The summed E-state index contributed by atoms with van der Waals surface area (Å²) in [5.41, 5.74) is 2.45. The Morgan fingerprint density at radius 1 is 1.03 bits per heavy atom. The van der Waals surface area contributed by atoms with Crippen LogP contribution in [0.25, 0.3) is 16.0 Å². The molecule has 1 fully saturated rings. The van der Waals surface area contributed by atoms with Crippen LogP contribution >= 0.6 is 11.3 Å². The van der Waals surface area contributed by atoms with Gasteiger partial charge in [-0.05, 0) is 42.8 Å². The van der Waals surface area contributed by atoms with Crippen LogP contribution in [0.5, 0.6) is 0 Å². The number of rotatable bonds is 4. The molecule has 0 bridgehead atoms. The SMILES string of the molecule is COC(=O)c1ccc([C@H]2/C(=C(\O)c3ccc(C)cc3)C(=O)C(=O)N2c2nc3ccc(F)cc3s2)cc1. The Kier molecular flexibility index (Phi) is 5.85. The number of ether oxygens (including phenoxy) is 1. The van der Waals surface area contributed by atoms with Crippen LogP contribution in [-0.4, -0.2) is 34.9 Å². The quantitative estimate of drug-likeness (QED) is 0.179. The van der Waals surface area contributed by atoms with Crippen LogP contribution in [0.15, 0.2) is 72.3 Å². The minimum Gasteiger partial charge on any atom is -0.507 e. The number of fused-ring (bicyclic) bond motifs is 1. The van der Waals surface area contributed by atoms with Gasteiger partial charge in [-0.15, -0.1) is 0 Å². The predicted octanol–water partition coefficient (Wildman–Crippen LogP) is 5.16. The first-order valence-electron chi connectivity index (χ1n) is 10.9. The fourth-order valence-corrected chi connectivity index (χ4v) is 5.14. The van der Waals surface area contributed by atoms with E-state index in [4.69, 9.17) is 4.74 Å². The number of aliphatic hydroxyl groups is 1. The van der Waals surface area contributed by atoms with E-state index in [9.17, 15) is 23.9 Å². The van der Waals surface area contributed by atoms with E-state index in [0.717, 1.165) is 16.9 Å². The molecule has 1 amide bonds. The highest BCUT2D eigenvalue weighted by Crippen LogP contribution is 2.44. The molecule has 0 aliphatic carbocycles. The maximum Gasteiger partial charge on any atom is 0.337 e. The van der Waals surface area contributed by atoms with Gasteiger partial charge in [-0.25, -0.2) is 14.2 Å². The summed E-state index contributed by atoms with van der Waals surface area (Å²) in [4.78, 5) is 44.2. The van der Waals surface area contributed by atoms with Crippen LogP contribution in [-0.2, 0) is 14.3 Å². The number of benzene rings is 3. The number of Topliss-reactive ketones (excluding diaryl/α,β-unsaturated/α-hetero) is 1. The summed E-state index contributed by atoms with van der Waals surface area (Å²) in [6.07, 6.45) is 0. The second-order valence-electron chi connectivity index (χ2n) is 8.26. The molecule has 1 aliphatic rings. The minimum absolute atomic E-state index is 0.111. The number of esters is 1. The van der Waals surface area contributed by atoms with Crippen molar-refractivity contribution in [1.82, 2.24) is 4.98 Å². The Balaban J connectivity index is 1.70. The minimum atomic E-state index is -1.02. The number of thiazole rings is 1. The molecule has 5 rings (SSSR count). The lowest BCUT2D eigenvalue weighted by atomic mass is 9.94. The Bertz CT molecular complexity index is 1560. The van der Waals surface area contributed by atoms with E-state index < -0.39 is 29.5 Å². The van der Waals surface area contributed by atoms with Crippen molar-refractivity contribution in [3.05, 3.63) is 100 Å². The molecule has 3 aromatic carbocycles. The molecule has 0 radical (unpaired) electrons. The van der Waals surface area contributed by atoms with Crippen molar-refractivity contribution in [3.8, 4) is 0 Å². The van der Waals surface area contributed by atoms with Gasteiger partial charge in [-0.1, -0.05) is 53.3 Å². The highest BCUT2D eigenvalue weighted by Gasteiger charge is 2.48. The first-order valence-corrected chi connectivity index (χ1v) is 11.7. The summed E-state index contributed by atoms with van der Waals surface area (Å²) in [6, 6.07) is 16.1. The summed E-state index contributed by atoms with van der Waals surface area (Å²) in [5, 5.41) is 11.4. The van der Waals surface area contributed by atoms with Gasteiger partial charge in [0.1, 0.15) is 11.6 Å². The van der Waals surface area contributed by atoms with Gasteiger partial charge >= 0.3 is 11.9 Å². The fourth-order valence-electron chi connectivity index (χ4n) is 4.12. The lowest BCUT2D eigenvalue weighted by Gasteiger charge is -2.23. The maximum absolute atomic E-state index is 13.8. The third kappa shape index (κ3) is 3.93. The second-order valence-corrected chi connectivity index (χ2v) is 9.27.